The summed E-state index contributed by atoms with van der Waals surface area (Å²) in [5.74, 6) is -4.26. The highest BCUT2D eigenvalue weighted by Crippen LogP contribution is 2.18. The third-order valence-corrected chi connectivity index (χ3v) is 5.62. The Balaban J connectivity index is 0.000000286. The maximum Gasteiger partial charge on any atom is 0.490 e. The van der Waals surface area contributed by atoms with E-state index in [1.807, 2.05) is 6.26 Å². The van der Waals surface area contributed by atoms with Crippen LogP contribution in [0.3, 0.4) is 0 Å². The molecule has 2 N–H and O–H groups in total. The van der Waals surface area contributed by atoms with Crippen LogP contribution < -0.4 is 0 Å². The van der Waals surface area contributed by atoms with Crippen molar-refractivity contribution in [1.82, 2.24) is 19.4 Å². The standard InChI is InChI=1S/C18H26N4O.2C2HF3O2/c1-2-6-20(7-3-1)14-17-12-19-18-4-8-21(9-10-22(17)18)13-16-5-11-23-15-16;2*3-2(4,5)1(6)7/h5,11-12,15H,1-4,6-10,13-14H2;2*(H,6,7). The number of nitrogens with zero attached hydrogens (tertiary/aromatic N) is 4. The first-order valence-corrected chi connectivity index (χ1v) is 11.4. The second-order valence-electron chi connectivity index (χ2n) is 8.42. The molecule has 0 radical (unpaired) electrons. The first kappa shape index (κ1) is 30.2. The highest BCUT2D eigenvalue weighted by Gasteiger charge is 2.38. The van der Waals surface area contributed by atoms with Crippen LogP contribution in [0.25, 0.3) is 0 Å². The molecule has 0 spiro atoms. The van der Waals surface area contributed by atoms with E-state index in [1.165, 1.54) is 49.4 Å². The molecule has 2 aliphatic heterocycles. The molecular weight excluding hydrogens is 514 g/mol. The van der Waals surface area contributed by atoms with Crippen molar-refractivity contribution < 1.29 is 50.6 Å². The molecule has 15 heteroatoms. The van der Waals surface area contributed by atoms with Crippen LogP contribution in [0, 0.1) is 0 Å². The van der Waals surface area contributed by atoms with Crippen molar-refractivity contribution in [2.45, 2.75) is 57.7 Å². The van der Waals surface area contributed by atoms with E-state index in [0.29, 0.717) is 0 Å². The highest BCUT2D eigenvalue weighted by atomic mass is 19.4. The predicted molar refractivity (Wildman–Crippen MR) is 116 cm³/mol. The van der Waals surface area contributed by atoms with Gasteiger partial charge in [0.25, 0.3) is 0 Å². The van der Waals surface area contributed by atoms with Gasteiger partial charge in [-0.25, -0.2) is 14.6 Å². The molecule has 1 fully saturated rings. The van der Waals surface area contributed by atoms with Crippen LogP contribution in [0.2, 0.25) is 0 Å². The molecule has 0 aliphatic carbocycles. The number of furan rings is 1. The number of rotatable bonds is 4. The molecule has 1 saturated heterocycles. The number of hydrogen-bond acceptors (Lipinski definition) is 6. The monoisotopic (exact) mass is 542 g/mol. The lowest BCUT2D eigenvalue weighted by Crippen LogP contribution is -2.30. The molecule has 0 amide bonds. The summed E-state index contributed by atoms with van der Waals surface area (Å²) < 4.78 is 71.1. The zero-order valence-corrected chi connectivity index (χ0v) is 19.8. The molecule has 4 heterocycles. The normalized spacial score (nSPS) is 16.9. The van der Waals surface area contributed by atoms with Gasteiger partial charge in [-0.2, -0.15) is 26.3 Å². The van der Waals surface area contributed by atoms with E-state index in [4.69, 9.17) is 29.2 Å². The van der Waals surface area contributed by atoms with Gasteiger partial charge in [-0.05, 0) is 32.0 Å². The molecule has 0 aromatic carbocycles. The molecule has 4 rings (SSSR count). The summed E-state index contributed by atoms with van der Waals surface area (Å²) in [6, 6.07) is 2.06. The van der Waals surface area contributed by atoms with Gasteiger partial charge in [-0.1, -0.05) is 6.42 Å². The summed E-state index contributed by atoms with van der Waals surface area (Å²) in [7, 11) is 0. The van der Waals surface area contributed by atoms with Crippen LogP contribution in [0.5, 0.6) is 0 Å². The molecule has 2 aliphatic rings. The Labute approximate surface area is 208 Å². The van der Waals surface area contributed by atoms with Gasteiger partial charge in [0.2, 0.25) is 0 Å². The fourth-order valence-electron chi connectivity index (χ4n) is 3.81. The van der Waals surface area contributed by atoms with Crippen molar-refractivity contribution in [2.75, 3.05) is 26.2 Å². The van der Waals surface area contributed by atoms with Gasteiger partial charge in [0.05, 0.1) is 18.2 Å². The molecule has 208 valence electrons. The fourth-order valence-corrected chi connectivity index (χ4v) is 3.81. The number of likely N-dealkylation sites (tertiary alicyclic amines) is 1. The summed E-state index contributed by atoms with van der Waals surface area (Å²) in [5.41, 5.74) is 2.66. The Hall–Kier alpha value is -3.07. The first-order chi connectivity index (χ1) is 17.3. The second-order valence-corrected chi connectivity index (χ2v) is 8.42. The molecule has 0 saturated carbocycles. The Kier molecular flexibility index (Phi) is 11.0. The molecule has 2 aromatic rings. The van der Waals surface area contributed by atoms with E-state index >= 15 is 0 Å². The Morgan fingerprint density at radius 1 is 0.865 bits per heavy atom. The van der Waals surface area contributed by atoms with Crippen LogP contribution in [0.4, 0.5) is 26.3 Å². The summed E-state index contributed by atoms with van der Waals surface area (Å²) >= 11 is 0. The zero-order valence-electron chi connectivity index (χ0n) is 19.8. The molecule has 37 heavy (non-hydrogen) atoms. The third-order valence-electron chi connectivity index (χ3n) is 5.62. The minimum Gasteiger partial charge on any atom is -0.475 e. The van der Waals surface area contributed by atoms with E-state index in [9.17, 15) is 26.3 Å². The number of alkyl halides is 6. The highest BCUT2D eigenvalue weighted by molar-refractivity contribution is 5.73. The number of carbonyl (C=O) groups is 2. The number of hydrogen-bond donors (Lipinski definition) is 2. The van der Waals surface area contributed by atoms with Crippen molar-refractivity contribution in [3.63, 3.8) is 0 Å². The quantitative estimate of drug-likeness (QED) is 0.562. The SMILES string of the molecule is O=C(O)C(F)(F)F.O=C(O)C(F)(F)F.c1cc(CN2CCc3ncc(CN4CCCCC4)n3CC2)co1. The lowest BCUT2D eigenvalue weighted by atomic mass is 10.1. The largest absolute Gasteiger partial charge is 0.490 e. The number of carboxylic acids is 2. The number of fused-ring (bicyclic) bond motifs is 1. The van der Waals surface area contributed by atoms with Crippen molar-refractivity contribution >= 4 is 11.9 Å². The minimum absolute atomic E-state index is 0.975. The molecule has 0 atom stereocenters. The maximum absolute atomic E-state index is 10.6. The smallest absolute Gasteiger partial charge is 0.475 e. The third kappa shape index (κ3) is 10.4. The van der Waals surface area contributed by atoms with E-state index in [0.717, 1.165) is 39.1 Å². The Morgan fingerprint density at radius 2 is 1.43 bits per heavy atom. The Bertz CT molecular complexity index is 961. The second kappa shape index (κ2) is 13.5. The Morgan fingerprint density at radius 3 is 1.95 bits per heavy atom. The first-order valence-electron chi connectivity index (χ1n) is 11.4. The van der Waals surface area contributed by atoms with Gasteiger partial charge in [0.15, 0.2) is 0 Å². The van der Waals surface area contributed by atoms with Crippen molar-refractivity contribution in [3.05, 3.63) is 41.9 Å². The maximum atomic E-state index is 10.6. The van der Waals surface area contributed by atoms with E-state index in [-0.39, 0.29) is 0 Å². The van der Waals surface area contributed by atoms with Crippen LogP contribution in [0.1, 0.15) is 36.3 Å². The van der Waals surface area contributed by atoms with Gasteiger partial charge >= 0.3 is 24.3 Å². The molecule has 0 bridgehead atoms. The number of piperidine rings is 1. The van der Waals surface area contributed by atoms with E-state index in [1.54, 1.807) is 6.26 Å². The van der Waals surface area contributed by atoms with Crippen molar-refractivity contribution in [3.8, 4) is 0 Å². The zero-order chi connectivity index (χ0) is 27.6. The van der Waals surface area contributed by atoms with Crippen molar-refractivity contribution in [2.24, 2.45) is 0 Å². The average Bonchev–Trinajstić information content (AvgIpc) is 3.41. The number of aliphatic carboxylic acids is 2. The number of aromatic nitrogens is 2. The van der Waals surface area contributed by atoms with Crippen LogP contribution in [0.15, 0.2) is 29.2 Å². The molecular formula is C22H28F6N4O5. The fraction of sp³-hybridized carbons (Fsp3) is 0.591. The molecule has 2 aromatic heterocycles. The number of halogens is 6. The summed E-state index contributed by atoms with van der Waals surface area (Å²) in [5, 5.41) is 14.2. The lowest BCUT2D eigenvalue weighted by Gasteiger charge is -2.26. The minimum atomic E-state index is -5.08. The number of carboxylic acid groups (broad SMARTS) is 2. The van der Waals surface area contributed by atoms with Gasteiger partial charge in [-0.15, -0.1) is 0 Å². The summed E-state index contributed by atoms with van der Waals surface area (Å²) in [6.07, 6.45) is 0.677. The molecule has 9 nitrogen and oxygen atoms in total. The van der Waals surface area contributed by atoms with Crippen LogP contribution >= 0.6 is 0 Å². The van der Waals surface area contributed by atoms with Gasteiger partial charge < -0.3 is 19.2 Å². The van der Waals surface area contributed by atoms with Crippen LogP contribution in [-0.2, 0) is 35.6 Å². The predicted octanol–water partition coefficient (Wildman–Crippen LogP) is 3.79. The average molecular weight is 542 g/mol. The summed E-state index contributed by atoms with van der Waals surface area (Å²) in [6.45, 7) is 7.74. The lowest BCUT2D eigenvalue weighted by molar-refractivity contribution is -0.193. The van der Waals surface area contributed by atoms with Gasteiger partial charge in [0.1, 0.15) is 5.82 Å². The topological polar surface area (TPSA) is 112 Å². The van der Waals surface area contributed by atoms with Crippen molar-refractivity contribution in [1.29, 1.82) is 0 Å². The van der Waals surface area contributed by atoms with E-state index < -0.39 is 24.3 Å². The summed E-state index contributed by atoms with van der Waals surface area (Å²) in [4.78, 5) is 27.6. The molecule has 0 unspecified atom stereocenters. The van der Waals surface area contributed by atoms with E-state index in [2.05, 4.69) is 26.6 Å². The van der Waals surface area contributed by atoms with Gasteiger partial charge in [0, 0.05) is 50.9 Å². The number of imidazole rings is 1. The van der Waals surface area contributed by atoms with Crippen LogP contribution in [-0.4, -0.2) is 80.0 Å². The van der Waals surface area contributed by atoms with Gasteiger partial charge in [-0.3, -0.25) is 9.80 Å².